The van der Waals surface area contributed by atoms with E-state index in [4.69, 9.17) is 0 Å². The first-order valence-electron chi connectivity index (χ1n) is 6.11. The first-order chi connectivity index (χ1) is 9.89. The molecule has 0 spiro atoms. The van der Waals surface area contributed by atoms with E-state index in [2.05, 4.69) is 15.9 Å². The molecule has 1 aliphatic rings. The molecule has 2 aromatic carbocycles. The Morgan fingerprint density at radius 3 is 2.00 bits per heavy atom. The van der Waals surface area contributed by atoms with Crippen LogP contribution in [0.15, 0.2) is 53.0 Å². The molecule has 5 heteroatoms. The number of hydrogen-bond acceptors (Lipinski definition) is 1. The Bertz CT molecular complexity index is 758. The van der Waals surface area contributed by atoms with Crippen molar-refractivity contribution < 1.29 is 18.0 Å². The molecule has 0 amide bonds. The number of benzene rings is 2. The topological polar surface area (TPSA) is 17.1 Å². The molecule has 0 N–H and O–H groups in total. The average Bonchev–Trinajstić information content (AvgIpc) is 2.71. The molecular weight excluding hydrogens is 345 g/mol. The van der Waals surface area contributed by atoms with Gasteiger partial charge in [0.25, 0.3) is 0 Å². The summed E-state index contributed by atoms with van der Waals surface area (Å²) in [5, 5.41) is 0. The highest BCUT2D eigenvalue weighted by Gasteiger charge is 2.32. The number of fused-ring (bicyclic) bond motifs is 1. The van der Waals surface area contributed by atoms with Crippen LogP contribution in [0.3, 0.4) is 0 Å². The third kappa shape index (κ3) is 2.31. The predicted molar refractivity (Wildman–Crippen MR) is 77.2 cm³/mol. The molecule has 0 bridgehead atoms. The highest BCUT2D eigenvalue weighted by Crippen LogP contribution is 2.40. The molecular formula is C16H8BrF3O. The third-order valence-corrected chi connectivity index (χ3v) is 4.12. The minimum absolute atomic E-state index is 0.152. The zero-order valence-corrected chi connectivity index (χ0v) is 12.1. The summed E-state index contributed by atoms with van der Waals surface area (Å²) in [5.41, 5.74) is 1.78. The lowest BCUT2D eigenvalue weighted by molar-refractivity contribution is -0.137. The summed E-state index contributed by atoms with van der Waals surface area (Å²) in [6.45, 7) is 0. The van der Waals surface area contributed by atoms with Crippen LogP contribution in [0.4, 0.5) is 13.2 Å². The summed E-state index contributed by atoms with van der Waals surface area (Å²) < 4.78 is 38.2. The van der Waals surface area contributed by atoms with E-state index >= 15 is 0 Å². The van der Waals surface area contributed by atoms with Gasteiger partial charge < -0.3 is 0 Å². The molecule has 0 aliphatic heterocycles. The number of alkyl halides is 3. The first-order valence-corrected chi connectivity index (χ1v) is 6.90. The highest BCUT2D eigenvalue weighted by atomic mass is 79.9. The van der Waals surface area contributed by atoms with Crippen molar-refractivity contribution in [3.05, 3.63) is 75.3 Å². The smallest absolute Gasteiger partial charge is 0.288 e. The lowest BCUT2D eigenvalue weighted by Crippen LogP contribution is -2.04. The minimum Gasteiger partial charge on any atom is -0.288 e. The van der Waals surface area contributed by atoms with Gasteiger partial charge in [0, 0.05) is 11.1 Å². The van der Waals surface area contributed by atoms with Gasteiger partial charge in [-0.05, 0) is 39.2 Å². The van der Waals surface area contributed by atoms with Gasteiger partial charge >= 0.3 is 6.18 Å². The fourth-order valence-corrected chi connectivity index (χ4v) is 3.01. The van der Waals surface area contributed by atoms with Crippen molar-refractivity contribution in [1.29, 1.82) is 0 Å². The second-order valence-corrected chi connectivity index (χ2v) is 5.43. The molecule has 0 aromatic heterocycles. The van der Waals surface area contributed by atoms with E-state index in [0.717, 1.165) is 17.7 Å². The summed E-state index contributed by atoms with van der Waals surface area (Å²) in [4.78, 5) is 12.1. The van der Waals surface area contributed by atoms with Crippen LogP contribution in [0, 0.1) is 0 Å². The fraction of sp³-hybridized carbons (Fsp3) is 0.0625. The maximum atomic E-state index is 12.6. The van der Waals surface area contributed by atoms with Crippen LogP contribution in [0.2, 0.25) is 0 Å². The normalized spacial score (nSPS) is 14.6. The summed E-state index contributed by atoms with van der Waals surface area (Å²) in [6.07, 6.45) is -4.37. The maximum Gasteiger partial charge on any atom is 0.416 e. The van der Waals surface area contributed by atoms with Crippen molar-refractivity contribution in [2.45, 2.75) is 6.18 Å². The van der Waals surface area contributed by atoms with Crippen molar-refractivity contribution in [1.82, 2.24) is 0 Å². The Morgan fingerprint density at radius 2 is 1.43 bits per heavy atom. The van der Waals surface area contributed by atoms with E-state index in [1.54, 1.807) is 24.3 Å². The second-order valence-electron chi connectivity index (χ2n) is 4.64. The molecule has 0 atom stereocenters. The van der Waals surface area contributed by atoms with E-state index in [0.29, 0.717) is 21.2 Å². The number of Topliss-reactive ketones (excluding diaryl/α,β-unsaturated/α-hetero) is 1. The van der Waals surface area contributed by atoms with E-state index < -0.39 is 11.7 Å². The Morgan fingerprint density at radius 1 is 0.857 bits per heavy atom. The zero-order valence-electron chi connectivity index (χ0n) is 10.5. The molecule has 3 rings (SSSR count). The zero-order chi connectivity index (χ0) is 15.2. The van der Waals surface area contributed by atoms with Crippen LogP contribution in [-0.2, 0) is 6.18 Å². The number of carbonyl (C=O) groups excluding carboxylic acids is 1. The van der Waals surface area contributed by atoms with Crippen LogP contribution in [0.25, 0.3) is 5.57 Å². The predicted octanol–water partition coefficient (Wildman–Crippen LogP) is 5.06. The monoisotopic (exact) mass is 352 g/mol. The maximum absolute atomic E-state index is 12.6. The van der Waals surface area contributed by atoms with Crippen molar-refractivity contribution in [3.8, 4) is 0 Å². The van der Waals surface area contributed by atoms with Crippen LogP contribution >= 0.6 is 15.9 Å². The number of hydrogen-bond donors (Lipinski definition) is 0. The lowest BCUT2D eigenvalue weighted by Gasteiger charge is -2.09. The van der Waals surface area contributed by atoms with Gasteiger partial charge in [-0.2, -0.15) is 13.2 Å². The van der Waals surface area contributed by atoms with E-state index in [1.165, 1.54) is 12.1 Å². The lowest BCUT2D eigenvalue weighted by atomic mass is 9.98. The summed E-state index contributed by atoms with van der Waals surface area (Å²) >= 11 is 3.25. The number of rotatable bonds is 1. The van der Waals surface area contributed by atoms with Gasteiger partial charge in [0.2, 0.25) is 5.78 Å². The van der Waals surface area contributed by atoms with Crippen LogP contribution in [-0.4, -0.2) is 5.78 Å². The molecule has 0 unspecified atom stereocenters. The SMILES string of the molecule is O=C1C(Br)=C(c2ccc(C(F)(F)F)cc2)c2ccccc21. The largest absolute Gasteiger partial charge is 0.416 e. The van der Waals surface area contributed by atoms with E-state index in [9.17, 15) is 18.0 Å². The number of ketones is 1. The molecule has 0 fully saturated rings. The molecule has 21 heavy (non-hydrogen) atoms. The molecule has 1 aliphatic carbocycles. The highest BCUT2D eigenvalue weighted by molar-refractivity contribution is 9.12. The molecule has 106 valence electrons. The molecule has 0 radical (unpaired) electrons. The van der Waals surface area contributed by atoms with Crippen LogP contribution in [0.1, 0.15) is 27.0 Å². The quantitative estimate of drug-likeness (QED) is 0.701. The van der Waals surface area contributed by atoms with Crippen molar-refractivity contribution >= 4 is 27.3 Å². The Balaban J connectivity index is 2.11. The van der Waals surface area contributed by atoms with Crippen molar-refractivity contribution in [3.63, 3.8) is 0 Å². The Hall–Kier alpha value is -1.88. The molecule has 0 saturated carbocycles. The Kier molecular flexibility index (Phi) is 3.24. The molecule has 2 aromatic rings. The van der Waals surface area contributed by atoms with E-state index in [-0.39, 0.29) is 5.78 Å². The third-order valence-electron chi connectivity index (χ3n) is 3.36. The van der Waals surface area contributed by atoms with Gasteiger partial charge in [0.15, 0.2) is 0 Å². The number of allylic oxidation sites excluding steroid dienone is 1. The van der Waals surface area contributed by atoms with Crippen molar-refractivity contribution in [2.75, 3.05) is 0 Å². The summed E-state index contributed by atoms with van der Waals surface area (Å²) in [7, 11) is 0. The first kappa shape index (κ1) is 14.1. The van der Waals surface area contributed by atoms with Gasteiger partial charge in [0.05, 0.1) is 10.0 Å². The second kappa shape index (κ2) is 4.84. The van der Waals surface area contributed by atoms with Crippen molar-refractivity contribution in [2.24, 2.45) is 0 Å². The van der Waals surface area contributed by atoms with Gasteiger partial charge in [-0.3, -0.25) is 4.79 Å². The standard InChI is InChI=1S/C16H8BrF3O/c17-14-13(11-3-1-2-4-12(11)15(14)21)9-5-7-10(8-6-9)16(18,19)20/h1-8H. The van der Waals surface area contributed by atoms with Gasteiger partial charge in [-0.15, -0.1) is 0 Å². The van der Waals surface area contributed by atoms with Crippen LogP contribution < -0.4 is 0 Å². The fourth-order valence-electron chi connectivity index (χ4n) is 2.36. The average molecular weight is 353 g/mol. The molecule has 1 nitrogen and oxygen atoms in total. The summed E-state index contributed by atoms with van der Waals surface area (Å²) in [5.74, 6) is -0.152. The molecule has 0 saturated heterocycles. The summed E-state index contributed by atoms with van der Waals surface area (Å²) in [6, 6.07) is 11.9. The minimum atomic E-state index is -4.37. The van der Waals surface area contributed by atoms with Gasteiger partial charge in [-0.1, -0.05) is 36.4 Å². The molecule has 0 heterocycles. The van der Waals surface area contributed by atoms with Gasteiger partial charge in [0.1, 0.15) is 0 Å². The number of carbonyl (C=O) groups is 1. The number of halogens is 4. The van der Waals surface area contributed by atoms with Crippen LogP contribution in [0.5, 0.6) is 0 Å². The Labute approximate surface area is 127 Å². The van der Waals surface area contributed by atoms with Gasteiger partial charge in [-0.25, -0.2) is 0 Å². The van der Waals surface area contributed by atoms with E-state index in [1.807, 2.05) is 0 Å².